The number of rotatable bonds is 7. The molecule has 1 fully saturated rings. The molecule has 0 bridgehead atoms. The number of halogens is 2. The average molecular weight is 472 g/mol. The van der Waals surface area contributed by atoms with Crippen LogP contribution in [0.15, 0.2) is 60.5 Å². The molecule has 0 aliphatic carbocycles. The number of aromatic nitrogens is 1. The summed E-state index contributed by atoms with van der Waals surface area (Å²) in [6.45, 7) is 7.72. The summed E-state index contributed by atoms with van der Waals surface area (Å²) in [4.78, 5) is 21.5. The predicted molar refractivity (Wildman–Crippen MR) is 126 cm³/mol. The van der Waals surface area contributed by atoms with Gasteiger partial charge in [-0.1, -0.05) is 23.7 Å². The van der Waals surface area contributed by atoms with Gasteiger partial charge in [0.2, 0.25) is 0 Å². The van der Waals surface area contributed by atoms with Crippen LogP contribution in [0.1, 0.15) is 16.1 Å². The average Bonchev–Trinajstić information content (AvgIpc) is 3.30. The summed E-state index contributed by atoms with van der Waals surface area (Å²) in [5.74, 6) is 0.169. The highest BCUT2D eigenvalue weighted by molar-refractivity contribution is 7.13. The first-order valence-corrected chi connectivity index (χ1v) is 11.5. The Bertz CT molecular complexity index is 1070. The van der Waals surface area contributed by atoms with Gasteiger partial charge in [0, 0.05) is 49.2 Å². The van der Waals surface area contributed by atoms with Gasteiger partial charge in [-0.15, -0.1) is 17.9 Å². The SMILES string of the molecule is C=CCN1CCN(C(=O)c2csc(-c3ccc(OCc4c(F)cccc4Cl)cc3)n2)CC1. The topological polar surface area (TPSA) is 45.7 Å². The van der Waals surface area contributed by atoms with E-state index < -0.39 is 5.82 Å². The summed E-state index contributed by atoms with van der Waals surface area (Å²) in [5, 5.41) is 2.91. The molecule has 2 heterocycles. The first-order chi connectivity index (χ1) is 15.5. The number of amides is 1. The van der Waals surface area contributed by atoms with Crippen LogP contribution in [0.3, 0.4) is 0 Å². The van der Waals surface area contributed by atoms with Crippen LogP contribution in [0.4, 0.5) is 4.39 Å². The molecule has 1 aromatic heterocycles. The van der Waals surface area contributed by atoms with Gasteiger partial charge in [-0.05, 0) is 36.4 Å². The molecule has 0 atom stereocenters. The summed E-state index contributed by atoms with van der Waals surface area (Å²) in [7, 11) is 0. The number of hydrogen-bond donors (Lipinski definition) is 0. The minimum atomic E-state index is -0.392. The van der Waals surface area contributed by atoms with Crippen molar-refractivity contribution in [2.75, 3.05) is 32.7 Å². The zero-order chi connectivity index (χ0) is 22.5. The van der Waals surface area contributed by atoms with Gasteiger partial charge in [-0.3, -0.25) is 9.69 Å². The number of hydrogen-bond acceptors (Lipinski definition) is 5. The van der Waals surface area contributed by atoms with Crippen molar-refractivity contribution in [2.45, 2.75) is 6.61 Å². The number of thiazole rings is 1. The summed E-state index contributed by atoms with van der Waals surface area (Å²) in [6.07, 6.45) is 1.88. The Morgan fingerprint density at radius 2 is 1.94 bits per heavy atom. The fourth-order valence-corrected chi connectivity index (χ4v) is 4.52. The molecule has 166 valence electrons. The van der Waals surface area contributed by atoms with E-state index in [0.29, 0.717) is 35.1 Å². The highest BCUT2D eigenvalue weighted by atomic mass is 35.5. The smallest absolute Gasteiger partial charge is 0.273 e. The number of benzene rings is 2. The lowest BCUT2D eigenvalue weighted by Crippen LogP contribution is -2.48. The van der Waals surface area contributed by atoms with E-state index in [9.17, 15) is 9.18 Å². The maximum Gasteiger partial charge on any atom is 0.273 e. The lowest BCUT2D eigenvalue weighted by molar-refractivity contribution is 0.0645. The van der Waals surface area contributed by atoms with Crippen molar-refractivity contribution in [3.63, 3.8) is 0 Å². The Hall–Kier alpha value is -2.74. The van der Waals surface area contributed by atoms with E-state index in [4.69, 9.17) is 16.3 Å². The van der Waals surface area contributed by atoms with Gasteiger partial charge in [0.1, 0.15) is 28.9 Å². The lowest BCUT2D eigenvalue weighted by Gasteiger charge is -2.33. The third-order valence-corrected chi connectivity index (χ3v) is 6.56. The molecule has 4 rings (SSSR count). The molecule has 0 saturated carbocycles. The maximum absolute atomic E-state index is 13.9. The maximum atomic E-state index is 13.9. The molecular formula is C24H23ClFN3O2S. The molecule has 1 saturated heterocycles. The lowest BCUT2D eigenvalue weighted by atomic mass is 10.2. The Morgan fingerprint density at radius 3 is 2.62 bits per heavy atom. The van der Waals surface area contributed by atoms with Crippen molar-refractivity contribution in [3.05, 3.63) is 82.6 Å². The number of ether oxygens (including phenoxy) is 1. The number of piperazine rings is 1. The minimum absolute atomic E-state index is 0.0347. The molecule has 8 heteroatoms. The minimum Gasteiger partial charge on any atom is -0.489 e. The molecule has 0 spiro atoms. The molecule has 0 radical (unpaired) electrons. The molecule has 0 unspecified atom stereocenters. The van der Waals surface area contributed by atoms with Gasteiger partial charge in [0.15, 0.2) is 0 Å². The number of nitrogens with zero attached hydrogens (tertiary/aromatic N) is 3. The summed E-state index contributed by atoms with van der Waals surface area (Å²) in [6, 6.07) is 11.9. The fourth-order valence-electron chi connectivity index (χ4n) is 3.50. The van der Waals surface area contributed by atoms with E-state index >= 15 is 0 Å². The van der Waals surface area contributed by atoms with Crippen molar-refractivity contribution in [2.24, 2.45) is 0 Å². The Balaban J connectivity index is 1.37. The number of carbonyl (C=O) groups excluding carboxylic acids is 1. The molecule has 1 aliphatic rings. The second-order valence-electron chi connectivity index (χ2n) is 7.43. The van der Waals surface area contributed by atoms with Crippen LogP contribution in [-0.2, 0) is 6.61 Å². The van der Waals surface area contributed by atoms with Crippen LogP contribution in [-0.4, -0.2) is 53.4 Å². The first kappa shape index (κ1) is 22.5. The van der Waals surface area contributed by atoms with Crippen LogP contribution in [0.2, 0.25) is 5.02 Å². The van der Waals surface area contributed by atoms with E-state index in [1.165, 1.54) is 17.4 Å². The molecular weight excluding hydrogens is 449 g/mol. The Morgan fingerprint density at radius 1 is 1.19 bits per heavy atom. The molecule has 3 aromatic rings. The summed E-state index contributed by atoms with van der Waals surface area (Å²) in [5.41, 5.74) is 1.68. The van der Waals surface area contributed by atoms with E-state index in [2.05, 4.69) is 16.5 Å². The largest absolute Gasteiger partial charge is 0.489 e. The van der Waals surface area contributed by atoms with E-state index in [0.717, 1.165) is 30.2 Å². The van der Waals surface area contributed by atoms with Crippen LogP contribution in [0.25, 0.3) is 10.6 Å². The molecule has 32 heavy (non-hydrogen) atoms. The van der Waals surface area contributed by atoms with Gasteiger partial charge >= 0.3 is 0 Å². The second kappa shape index (κ2) is 10.3. The molecule has 5 nitrogen and oxygen atoms in total. The van der Waals surface area contributed by atoms with Gasteiger partial charge in [0.25, 0.3) is 5.91 Å². The van der Waals surface area contributed by atoms with Crippen LogP contribution in [0.5, 0.6) is 5.75 Å². The monoisotopic (exact) mass is 471 g/mol. The fraction of sp³-hybridized carbons (Fsp3) is 0.250. The standard InChI is InChI=1S/C24H23ClFN3O2S/c1-2-10-28-11-13-29(14-12-28)24(30)22-16-32-23(27-22)17-6-8-18(9-7-17)31-15-19-20(25)4-3-5-21(19)26/h2-9,16H,1,10-15H2. The van der Waals surface area contributed by atoms with Gasteiger partial charge in [-0.2, -0.15) is 0 Å². The third kappa shape index (κ3) is 5.18. The first-order valence-electron chi connectivity index (χ1n) is 10.3. The third-order valence-electron chi connectivity index (χ3n) is 5.32. The van der Waals surface area contributed by atoms with Gasteiger partial charge < -0.3 is 9.64 Å². The van der Waals surface area contributed by atoms with Gasteiger partial charge in [0.05, 0.1) is 5.02 Å². The molecule has 1 aliphatic heterocycles. The van der Waals surface area contributed by atoms with E-state index in [-0.39, 0.29) is 12.5 Å². The van der Waals surface area contributed by atoms with Crippen LogP contribution < -0.4 is 4.74 Å². The number of carbonyl (C=O) groups is 1. The predicted octanol–water partition coefficient (Wildman–Crippen LogP) is 5.13. The van der Waals surface area contributed by atoms with E-state index in [1.54, 1.807) is 29.6 Å². The molecule has 2 aromatic carbocycles. The summed E-state index contributed by atoms with van der Waals surface area (Å²) >= 11 is 7.48. The van der Waals surface area contributed by atoms with Crippen molar-refractivity contribution in [1.29, 1.82) is 0 Å². The van der Waals surface area contributed by atoms with Gasteiger partial charge in [-0.25, -0.2) is 9.37 Å². The molecule has 1 amide bonds. The van der Waals surface area contributed by atoms with Crippen molar-refractivity contribution in [3.8, 4) is 16.3 Å². The van der Waals surface area contributed by atoms with Crippen LogP contribution in [0, 0.1) is 5.82 Å². The van der Waals surface area contributed by atoms with Crippen molar-refractivity contribution >= 4 is 28.8 Å². The van der Waals surface area contributed by atoms with Crippen LogP contribution >= 0.6 is 22.9 Å². The van der Waals surface area contributed by atoms with Crippen molar-refractivity contribution in [1.82, 2.24) is 14.8 Å². The summed E-state index contributed by atoms with van der Waals surface area (Å²) < 4.78 is 19.6. The zero-order valence-electron chi connectivity index (χ0n) is 17.5. The second-order valence-corrected chi connectivity index (χ2v) is 8.70. The Kier molecular flexibility index (Phi) is 7.19. The quantitative estimate of drug-likeness (QED) is 0.448. The molecule has 0 N–H and O–H groups in total. The van der Waals surface area contributed by atoms with E-state index in [1.807, 2.05) is 23.1 Å². The highest BCUT2D eigenvalue weighted by Crippen LogP contribution is 2.27. The Labute approximate surface area is 195 Å². The zero-order valence-corrected chi connectivity index (χ0v) is 19.0. The van der Waals surface area contributed by atoms with Crippen molar-refractivity contribution < 1.29 is 13.9 Å². The highest BCUT2D eigenvalue weighted by Gasteiger charge is 2.23. The normalized spacial score (nSPS) is 14.4.